The van der Waals surface area contributed by atoms with Gasteiger partial charge in [-0.3, -0.25) is 0 Å². The molecule has 0 aromatic heterocycles. The van der Waals surface area contributed by atoms with E-state index in [1.54, 1.807) is 5.19 Å². The van der Waals surface area contributed by atoms with E-state index in [1.807, 2.05) is 5.57 Å². The Kier molecular flexibility index (Phi) is 5.02. The quantitative estimate of drug-likeness (QED) is 0.525. The van der Waals surface area contributed by atoms with Gasteiger partial charge in [0.05, 0.1) is 9.52 Å². The molecular formula is C21H30Si. The predicted molar refractivity (Wildman–Crippen MR) is 101 cm³/mol. The Morgan fingerprint density at radius 1 is 1.18 bits per heavy atom. The smallest absolute Gasteiger partial charge is 0.0658 e. The molecule has 3 atom stereocenters. The van der Waals surface area contributed by atoms with Gasteiger partial charge in [-0.1, -0.05) is 92.4 Å². The third kappa shape index (κ3) is 3.15. The normalized spacial score (nSPS) is 30.7. The van der Waals surface area contributed by atoms with Crippen LogP contribution in [-0.4, -0.2) is 9.52 Å². The van der Waals surface area contributed by atoms with Crippen LogP contribution in [0.3, 0.4) is 0 Å². The molecule has 118 valence electrons. The van der Waals surface area contributed by atoms with Crippen LogP contribution >= 0.6 is 0 Å². The molecule has 0 N–H and O–H groups in total. The average molecular weight is 311 g/mol. The summed E-state index contributed by atoms with van der Waals surface area (Å²) < 4.78 is 0. The van der Waals surface area contributed by atoms with Crippen LogP contribution in [0, 0.1) is 11.8 Å². The zero-order chi connectivity index (χ0) is 15.4. The van der Waals surface area contributed by atoms with Crippen molar-refractivity contribution >= 4 is 14.7 Å². The molecule has 0 bridgehead atoms. The Hall–Kier alpha value is -1.08. The molecule has 1 aromatic carbocycles. The predicted octanol–water partition coefficient (Wildman–Crippen LogP) is 4.76. The molecule has 2 aliphatic carbocycles. The highest BCUT2D eigenvalue weighted by Crippen LogP contribution is 2.59. The highest BCUT2D eigenvalue weighted by molar-refractivity contribution is 6.57. The third-order valence-corrected chi connectivity index (χ3v) is 8.46. The SMILES string of the molecule is CCCCCC1([SiH2]c2ccccc2)CC(C)C2CC=CC=C21. The first-order chi connectivity index (χ1) is 10.7. The van der Waals surface area contributed by atoms with Crippen molar-refractivity contribution in [3.63, 3.8) is 0 Å². The van der Waals surface area contributed by atoms with Gasteiger partial charge in [0.25, 0.3) is 0 Å². The van der Waals surface area contributed by atoms with Crippen molar-refractivity contribution in [3.05, 3.63) is 54.1 Å². The molecule has 1 heteroatoms. The second-order valence-corrected chi connectivity index (χ2v) is 10.00. The number of benzene rings is 1. The van der Waals surface area contributed by atoms with Crippen molar-refractivity contribution in [3.8, 4) is 0 Å². The number of unbranched alkanes of at least 4 members (excludes halogenated alkanes) is 2. The van der Waals surface area contributed by atoms with Gasteiger partial charge in [-0.2, -0.15) is 0 Å². The van der Waals surface area contributed by atoms with Gasteiger partial charge in [-0.25, -0.2) is 0 Å². The molecule has 22 heavy (non-hydrogen) atoms. The van der Waals surface area contributed by atoms with Crippen molar-refractivity contribution in [2.75, 3.05) is 0 Å². The van der Waals surface area contributed by atoms with Gasteiger partial charge in [0.1, 0.15) is 0 Å². The van der Waals surface area contributed by atoms with E-state index < -0.39 is 0 Å². The Labute approximate surface area is 138 Å². The lowest BCUT2D eigenvalue weighted by atomic mass is 9.85. The van der Waals surface area contributed by atoms with E-state index in [2.05, 4.69) is 62.4 Å². The number of rotatable bonds is 6. The fourth-order valence-electron chi connectivity index (χ4n) is 4.84. The first kappa shape index (κ1) is 15.8. The monoisotopic (exact) mass is 310 g/mol. The van der Waals surface area contributed by atoms with E-state index in [0.717, 1.165) is 11.8 Å². The largest absolute Gasteiger partial charge is 0.0839 e. The molecular weight excluding hydrogens is 280 g/mol. The fraction of sp³-hybridized carbons (Fsp3) is 0.524. The fourth-order valence-corrected chi connectivity index (χ4v) is 7.74. The minimum Gasteiger partial charge on any atom is -0.0839 e. The summed E-state index contributed by atoms with van der Waals surface area (Å²) in [5.41, 5.74) is 1.83. The maximum Gasteiger partial charge on any atom is 0.0658 e. The van der Waals surface area contributed by atoms with Crippen LogP contribution in [-0.2, 0) is 0 Å². The van der Waals surface area contributed by atoms with Crippen molar-refractivity contribution in [2.24, 2.45) is 11.8 Å². The van der Waals surface area contributed by atoms with Gasteiger partial charge in [0.15, 0.2) is 0 Å². The Morgan fingerprint density at radius 2 is 2.00 bits per heavy atom. The second-order valence-electron chi connectivity index (χ2n) is 7.47. The topological polar surface area (TPSA) is 0 Å². The van der Waals surface area contributed by atoms with Gasteiger partial charge < -0.3 is 0 Å². The summed E-state index contributed by atoms with van der Waals surface area (Å²) in [7, 11) is -0.269. The van der Waals surface area contributed by atoms with Crippen LogP contribution in [0.2, 0.25) is 5.04 Å². The summed E-state index contributed by atoms with van der Waals surface area (Å²) in [5.74, 6) is 1.71. The minimum atomic E-state index is -0.269. The molecule has 0 aliphatic heterocycles. The van der Waals surface area contributed by atoms with Gasteiger partial charge in [0, 0.05) is 0 Å². The molecule has 0 radical (unpaired) electrons. The maximum atomic E-state index is 2.50. The van der Waals surface area contributed by atoms with E-state index in [9.17, 15) is 0 Å². The van der Waals surface area contributed by atoms with E-state index >= 15 is 0 Å². The number of hydrogen-bond donors (Lipinski definition) is 0. The van der Waals surface area contributed by atoms with E-state index in [1.165, 1.54) is 38.5 Å². The zero-order valence-corrected chi connectivity index (χ0v) is 15.6. The molecule has 0 amide bonds. The number of fused-ring (bicyclic) bond motifs is 1. The summed E-state index contributed by atoms with van der Waals surface area (Å²) in [6.07, 6.45) is 15.5. The van der Waals surface area contributed by atoms with Crippen LogP contribution in [0.25, 0.3) is 0 Å². The van der Waals surface area contributed by atoms with Gasteiger partial charge >= 0.3 is 0 Å². The Morgan fingerprint density at radius 3 is 2.77 bits per heavy atom. The second kappa shape index (κ2) is 7.00. The number of allylic oxidation sites excluding steroid dienone is 4. The van der Waals surface area contributed by atoms with E-state index in [-0.39, 0.29) is 9.52 Å². The van der Waals surface area contributed by atoms with Crippen LogP contribution in [0.5, 0.6) is 0 Å². The lowest BCUT2D eigenvalue weighted by molar-refractivity contribution is 0.445. The summed E-state index contributed by atoms with van der Waals surface area (Å²) in [6, 6.07) is 11.4. The molecule has 1 aromatic rings. The average Bonchev–Trinajstić information content (AvgIpc) is 2.82. The summed E-state index contributed by atoms with van der Waals surface area (Å²) >= 11 is 0. The molecule has 3 unspecified atom stereocenters. The Bertz CT molecular complexity index is 542. The van der Waals surface area contributed by atoms with E-state index in [0.29, 0.717) is 5.04 Å². The lowest BCUT2D eigenvalue weighted by Gasteiger charge is -2.33. The number of hydrogen-bond acceptors (Lipinski definition) is 0. The molecule has 0 spiro atoms. The molecule has 0 saturated heterocycles. The standard InChI is InChI=1S/C21H30Si/c1-3-4-10-15-21(22-18-11-6-5-7-12-18)16-17(2)19-13-8-9-14-20(19)21/h5-9,11-12,14,17,19H,3-4,10,13,15-16,22H2,1-2H3. The van der Waals surface area contributed by atoms with Crippen molar-refractivity contribution in [1.29, 1.82) is 0 Å². The molecule has 3 rings (SSSR count). The first-order valence-corrected chi connectivity index (χ1v) is 10.6. The lowest BCUT2D eigenvalue weighted by Crippen LogP contribution is -2.30. The zero-order valence-electron chi connectivity index (χ0n) is 14.2. The molecule has 2 aliphatic rings. The van der Waals surface area contributed by atoms with Gasteiger partial charge in [-0.05, 0) is 36.1 Å². The van der Waals surface area contributed by atoms with Crippen LogP contribution < -0.4 is 5.19 Å². The third-order valence-electron chi connectivity index (χ3n) is 5.86. The van der Waals surface area contributed by atoms with Crippen LogP contribution in [0.1, 0.15) is 52.4 Å². The molecule has 1 saturated carbocycles. The van der Waals surface area contributed by atoms with Gasteiger partial charge in [0.2, 0.25) is 0 Å². The highest BCUT2D eigenvalue weighted by Gasteiger charge is 2.46. The van der Waals surface area contributed by atoms with Crippen molar-refractivity contribution < 1.29 is 0 Å². The molecule has 1 fully saturated rings. The maximum absolute atomic E-state index is 2.50. The first-order valence-electron chi connectivity index (χ1n) is 9.16. The van der Waals surface area contributed by atoms with Crippen molar-refractivity contribution in [1.82, 2.24) is 0 Å². The highest BCUT2D eigenvalue weighted by atomic mass is 28.2. The molecule has 0 heterocycles. The van der Waals surface area contributed by atoms with Gasteiger partial charge in [-0.15, -0.1) is 0 Å². The van der Waals surface area contributed by atoms with Crippen molar-refractivity contribution in [2.45, 2.75) is 57.4 Å². The Balaban J connectivity index is 1.89. The summed E-state index contributed by atoms with van der Waals surface area (Å²) in [5, 5.41) is 2.22. The van der Waals surface area contributed by atoms with Crippen LogP contribution in [0.4, 0.5) is 0 Å². The summed E-state index contributed by atoms with van der Waals surface area (Å²) in [6.45, 7) is 4.82. The van der Waals surface area contributed by atoms with Crippen LogP contribution in [0.15, 0.2) is 54.1 Å². The molecule has 0 nitrogen and oxygen atoms in total. The summed E-state index contributed by atoms with van der Waals surface area (Å²) in [4.78, 5) is 0. The minimum absolute atomic E-state index is 0.269. The van der Waals surface area contributed by atoms with E-state index in [4.69, 9.17) is 0 Å².